The number of phenols is 1. The van der Waals surface area contributed by atoms with Gasteiger partial charge in [0.1, 0.15) is 5.75 Å². The van der Waals surface area contributed by atoms with Gasteiger partial charge < -0.3 is 14.7 Å². The Morgan fingerprint density at radius 3 is 2.57 bits per heavy atom. The lowest BCUT2D eigenvalue weighted by molar-refractivity contribution is 0.0694. The van der Waals surface area contributed by atoms with Crippen LogP contribution in [0.25, 0.3) is 11.4 Å². The van der Waals surface area contributed by atoms with Crippen LogP contribution in [0.3, 0.4) is 0 Å². The third kappa shape index (κ3) is 5.46. The molecule has 0 bridgehead atoms. The zero-order chi connectivity index (χ0) is 20.8. The van der Waals surface area contributed by atoms with E-state index in [0.717, 1.165) is 62.7 Å². The van der Waals surface area contributed by atoms with E-state index in [1.165, 1.54) is 0 Å². The SMILES string of the molecule is Oc1cccc(CN(CCCc2nc(-c3ccccc3)no2)C2CCC(O)CC2)c1. The van der Waals surface area contributed by atoms with E-state index in [2.05, 4.69) is 21.1 Å². The van der Waals surface area contributed by atoms with E-state index < -0.39 is 0 Å². The second-order valence-electron chi connectivity index (χ2n) is 8.08. The van der Waals surface area contributed by atoms with Gasteiger partial charge in [-0.1, -0.05) is 47.6 Å². The minimum Gasteiger partial charge on any atom is -0.508 e. The predicted octanol–water partition coefficient (Wildman–Crippen LogP) is 4.18. The van der Waals surface area contributed by atoms with Crippen molar-refractivity contribution in [2.45, 2.75) is 57.2 Å². The Kier molecular flexibility index (Phi) is 6.77. The number of nitrogens with zero attached hydrogens (tertiary/aromatic N) is 3. The molecule has 3 aromatic rings. The highest BCUT2D eigenvalue weighted by molar-refractivity contribution is 5.53. The van der Waals surface area contributed by atoms with Gasteiger partial charge in [-0.3, -0.25) is 4.90 Å². The fourth-order valence-corrected chi connectivity index (χ4v) is 4.20. The van der Waals surface area contributed by atoms with Gasteiger partial charge in [-0.2, -0.15) is 4.98 Å². The molecule has 0 aliphatic heterocycles. The first-order valence-electron chi connectivity index (χ1n) is 10.8. The summed E-state index contributed by atoms with van der Waals surface area (Å²) in [5, 5.41) is 23.8. The standard InChI is InChI=1S/C24H29N3O3/c28-21-13-11-20(12-14-21)27(17-18-6-4-9-22(29)16-18)15-5-10-23-25-24(26-30-23)19-7-2-1-3-8-19/h1-4,6-9,16,20-21,28-29H,5,10-15,17H2. The highest BCUT2D eigenvalue weighted by Crippen LogP contribution is 2.26. The molecule has 0 atom stereocenters. The molecule has 6 nitrogen and oxygen atoms in total. The Balaban J connectivity index is 1.37. The smallest absolute Gasteiger partial charge is 0.227 e. The van der Waals surface area contributed by atoms with Crippen molar-refractivity contribution in [3.8, 4) is 17.1 Å². The average Bonchev–Trinajstić information content (AvgIpc) is 3.23. The minimum atomic E-state index is -0.168. The lowest BCUT2D eigenvalue weighted by Gasteiger charge is -2.36. The molecule has 158 valence electrons. The first-order valence-corrected chi connectivity index (χ1v) is 10.8. The number of hydrogen-bond donors (Lipinski definition) is 2. The van der Waals surface area contributed by atoms with Gasteiger partial charge in [-0.25, -0.2) is 0 Å². The molecule has 6 heteroatoms. The number of aliphatic hydroxyl groups is 1. The fourth-order valence-electron chi connectivity index (χ4n) is 4.20. The minimum absolute atomic E-state index is 0.168. The Labute approximate surface area is 177 Å². The van der Waals surface area contributed by atoms with E-state index in [0.29, 0.717) is 23.5 Å². The summed E-state index contributed by atoms with van der Waals surface area (Å²) in [5.41, 5.74) is 2.06. The highest BCUT2D eigenvalue weighted by Gasteiger charge is 2.25. The van der Waals surface area contributed by atoms with E-state index in [4.69, 9.17) is 4.52 Å². The number of aromatic nitrogens is 2. The predicted molar refractivity (Wildman–Crippen MR) is 115 cm³/mol. The Bertz CT molecular complexity index is 920. The van der Waals surface area contributed by atoms with Gasteiger partial charge in [0.15, 0.2) is 0 Å². The van der Waals surface area contributed by atoms with Crippen LogP contribution in [0, 0.1) is 0 Å². The maximum absolute atomic E-state index is 9.88. The quantitative estimate of drug-likeness (QED) is 0.583. The topological polar surface area (TPSA) is 82.6 Å². The maximum atomic E-state index is 9.88. The van der Waals surface area contributed by atoms with Gasteiger partial charge in [-0.05, 0) is 56.3 Å². The summed E-state index contributed by atoms with van der Waals surface area (Å²) in [7, 11) is 0. The van der Waals surface area contributed by atoms with Crippen LogP contribution in [-0.2, 0) is 13.0 Å². The number of aryl methyl sites for hydroxylation is 1. The summed E-state index contributed by atoms with van der Waals surface area (Å²) in [4.78, 5) is 7.00. The van der Waals surface area contributed by atoms with Crippen LogP contribution < -0.4 is 0 Å². The molecule has 1 fully saturated rings. The lowest BCUT2D eigenvalue weighted by Crippen LogP contribution is -2.39. The summed E-state index contributed by atoms with van der Waals surface area (Å²) < 4.78 is 5.45. The van der Waals surface area contributed by atoms with E-state index in [9.17, 15) is 10.2 Å². The second-order valence-corrected chi connectivity index (χ2v) is 8.08. The monoisotopic (exact) mass is 407 g/mol. The summed E-state index contributed by atoms with van der Waals surface area (Å²) in [6.45, 7) is 1.69. The van der Waals surface area contributed by atoms with Gasteiger partial charge in [0.25, 0.3) is 0 Å². The number of aromatic hydroxyl groups is 1. The van der Waals surface area contributed by atoms with Crippen molar-refractivity contribution < 1.29 is 14.7 Å². The largest absolute Gasteiger partial charge is 0.508 e. The van der Waals surface area contributed by atoms with Crippen LogP contribution in [0.5, 0.6) is 5.75 Å². The zero-order valence-corrected chi connectivity index (χ0v) is 17.2. The normalized spacial score (nSPS) is 19.3. The molecule has 0 unspecified atom stereocenters. The van der Waals surface area contributed by atoms with Crippen LogP contribution in [0.4, 0.5) is 0 Å². The number of benzene rings is 2. The van der Waals surface area contributed by atoms with Crippen LogP contribution in [0.2, 0.25) is 0 Å². The van der Waals surface area contributed by atoms with Crippen molar-refractivity contribution in [3.05, 3.63) is 66.1 Å². The van der Waals surface area contributed by atoms with E-state index in [1.807, 2.05) is 42.5 Å². The fraction of sp³-hybridized carbons (Fsp3) is 0.417. The molecular formula is C24H29N3O3. The number of phenolic OH excluding ortho intramolecular Hbond substituents is 1. The molecule has 1 aliphatic carbocycles. The molecule has 0 amide bonds. The summed E-state index contributed by atoms with van der Waals surface area (Å²) >= 11 is 0. The molecular weight excluding hydrogens is 378 g/mol. The zero-order valence-electron chi connectivity index (χ0n) is 17.2. The van der Waals surface area contributed by atoms with Gasteiger partial charge in [0.05, 0.1) is 6.10 Å². The van der Waals surface area contributed by atoms with E-state index in [-0.39, 0.29) is 6.10 Å². The third-order valence-electron chi connectivity index (χ3n) is 5.81. The number of hydrogen-bond acceptors (Lipinski definition) is 6. The third-order valence-corrected chi connectivity index (χ3v) is 5.81. The van der Waals surface area contributed by atoms with Crippen LogP contribution in [0.1, 0.15) is 43.6 Å². The van der Waals surface area contributed by atoms with Crippen LogP contribution in [-0.4, -0.2) is 43.9 Å². The average molecular weight is 408 g/mol. The van der Waals surface area contributed by atoms with Crippen molar-refractivity contribution >= 4 is 0 Å². The molecule has 4 rings (SSSR count). The molecule has 0 saturated heterocycles. The molecule has 2 aromatic carbocycles. The van der Waals surface area contributed by atoms with Crippen LogP contribution >= 0.6 is 0 Å². The lowest BCUT2D eigenvalue weighted by atomic mass is 9.91. The first kappa shape index (κ1) is 20.6. The molecule has 0 spiro atoms. The number of aliphatic hydroxyl groups excluding tert-OH is 1. The van der Waals surface area contributed by atoms with Crippen LogP contribution in [0.15, 0.2) is 59.1 Å². The molecule has 1 heterocycles. The van der Waals surface area contributed by atoms with Crippen molar-refractivity contribution in [1.82, 2.24) is 15.0 Å². The van der Waals surface area contributed by atoms with E-state index >= 15 is 0 Å². The van der Waals surface area contributed by atoms with Gasteiger partial charge in [0, 0.05) is 24.6 Å². The molecule has 1 saturated carbocycles. The molecule has 2 N–H and O–H groups in total. The van der Waals surface area contributed by atoms with Gasteiger partial charge in [-0.15, -0.1) is 0 Å². The molecule has 30 heavy (non-hydrogen) atoms. The van der Waals surface area contributed by atoms with Crippen molar-refractivity contribution in [3.63, 3.8) is 0 Å². The van der Waals surface area contributed by atoms with Crippen molar-refractivity contribution in [2.75, 3.05) is 6.54 Å². The molecule has 1 aliphatic rings. The maximum Gasteiger partial charge on any atom is 0.227 e. The Morgan fingerprint density at radius 1 is 1.00 bits per heavy atom. The summed E-state index contributed by atoms with van der Waals surface area (Å²) in [6.07, 6.45) is 5.17. The summed E-state index contributed by atoms with van der Waals surface area (Å²) in [6, 6.07) is 17.8. The number of rotatable bonds is 8. The Hall–Kier alpha value is -2.70. The van der Waals surface area contributed by atoms with Gasteiger partial charge in [0.2, 0.25) is 11.7 Å². The van der Waals surface area contributed by atoms with Crippen molar-refractivity contribution in [1.29, 1.82) is 0 Å². The first-order chi connectivity index (χ1) is 14.7. The molecule has 0 radical (unpaired) electrons. The van der Waals surface area contributed by atoms with Crippen molar-refractivity contribution in [2.24, 2.45) is 0 Å². The van der Waals surface area contributed by atoms with E-state index in [1.54, 1.807) is 6.07 Å². The Morgan fingerprint density at radius 2 is 1.80 bits per heavy atom. The molecule has 1 aromatic heterocycles. The highest BCUT2D eigenvalue weighted by atomic mass is 16.5. The van der Waals surface area contributed by atoms with Gasteiger partial charge >= 0.3 is 0 Å². The second kappa shape index (κ2) is 9.87. The summed E-state index contributed by atoms with van der Waals surface area (Å²) in [5.74, 6) is 1.58.